The van der Waals surface area contributed by atoms with E-state index in [1.54, 1.807) is 0 Å². The normalized spacial score (nSPS) is 22.0. The van der Waals surface area contributed by atoms with Crippen LogP contribution in [0.4, 0.5) is 0 Å². The first-order valence-corrected chi connectivity index (χ1v) is 9.43. The molecule has 2 nitrogen and oxygen atoms in total. The Bertz CT molecular complexity index is 891. The van der Waals surface area contributed by atoms with Gasteiger partial charge in [0.15, 0.2) is 0 Å². The van der Waals surface area contributed by atoms with Gasteiger partial charge in [-0.2, -0.15) is 0 Å². The zero-order valence-electron chi connectivity index (χ0n) is 14.8. The molecule has 3 aromatic rings. The number of nitrogens with zero attached hydrogens (tertiary/aromatic N) is 1. The lowest BCUT2D eigenvalue weighted by molar-refractivity contribution is 0.0252. The molecule has 2 aliphatic rings. The lowest BCUT2D eigenvalue weighted by Crippen LogP contribution is -2.27. The number of fused-ring (bicyclic) bond motifs is 3. The fraction of sp³-hybridized carbons (Fsp3) is 0.250. The van der Waals surface area contributed by atoms with E-state index in [0.29, 0.717) is 12.0 Å². The van der Waals surface area contributed by atoms with Gasteiger partial charge in [0.2, 0.25) is 0 Å². The number of hydrogen-bond acceptors (Lipinski definition) is 2. The highest BCUT2D eigenvalue weighted by Crippen LogP contribution is 2.40. The van der Waals surface area contributed by atoms with Gasteiger partial charge in [0, 0.05) is 25.6 Å². The first kappa shape index (κ1) is 15.8. The van der Waals surface area contributed by atoms with Crippen molar-refractivity contribution >= 4 is 0 Å². The molecule has 130 valence electrons. The van der Waals surface area contributed by atoms with E-state index in [9.17, 15) is 0 Å². The summed E-state index contributed by atoms with van der Waals surface area (Å²) in [6, 6.07) is 28.2. The van der Waals surface area contributed by atoms with E-state index in [2.05, 4.69) is 83.8 Å². The molecule has 0 saturated carbocycles. The molecule has 2 aliphatic heterocycles. The van der Waals surface area contributed by atoms with Crippen LogP contribution in [0.25, 0.3) is 11.1 Å². The summed E-state index contributed by atoms with van der Waals surface area (Å²) in [4.78, 5) is 2.54. The van der Waals surface area contributed by atoms with Gasteiger partial charge in [-0.15, -0.1) is 0 Å². The molecule has 0 aliphatic carbocycles. The van der Waals surface area contributed by atoms with Crippen molar-refractivity contribution in [3.8, 4) is 11.1 Å². The average Bonchev–Trinajstić information content (AvgIpc) is 3.12. The zero-order chi connectivity index (χ0) is 17.3. The molecule has 1 fully saturated rings. The van der Waals surface area contributed by atoms with Gasteiger partial charge in [-0.3, -0.25) is 4.90 Å². The Labute approximate surface area is 155 Å². The van der Waals surface area contributed by atoms with Crippen molar-refractivity contribution in [3.05, 3.63) is 95.6 Å². The minimum atomic E-state index is 0.317. The smallest absolute Gasteiger partial charge is 0.0787 e. The summed E-state index contributed by atoms with van der Waals surface area (Å²) in [5, 5.41) is 0. The summed E-state index contributed by atoms with van der Waals surface area (Å²) in [5.74, 6) is 0.478. The Morgan fingerprint density at radius 3 is 2.38 bits per heavy atom. The van der Waals surface area contributed by atoms with Crippen molar-refractivity contribution in [1.29, 1.82) is 0 Å². The van der Waals surface area contributed by atoms with Crippen LogP contribution in [-0.4, -0.2) is 24.1 Å². The Kier molecular flexibility index (Phi) is 4.08. The Balaban J connectivity index is 1.43. The molecular formula is C24H23NO. The van der Waals surface area contributed by atoms with E-state index < -0.39 is 0 Å². The lowest BCUT2D eigenvalue weighted by atomic mass is 9.85. The van der Waals surface area contributed by atoms with E-state index in [1.165, 1.54) is 27.8 Å². The summed E-state index contributed by atoms with van der Waals surface area (Å²) in [6.45, 7) is 3.82. The predicted octanol–water partition coefficient (Wildman–Crippen LogP) is 4.85. The van der Waals surface area contributed by atoms with Crippen LogP contribution in [-0.2, 0) is 17.9 Å². The number of likely N-dealkylation sites (tertiary alicyclic amines) is 1. The quantitative estimate of drug-likeness (QED) is 0.675. The second kappa shape index (κ2) is 6.71. The first-order valence-electron chi connectivity index (χ1n) is 9.43. The highest BCUT2D eigenvalue weighted by atomic mass is 16.5. The van der Waals surface area contributed by atoms with Crippen LogP contribution in [0.15, 0.2) is 78.9 Å². The number of rotatable bonds is 3. The van der Waals surface area contributed by atoms with Gasteiger partial charge in [0.1, 0.15) is 0 Å². The van der Waals surface area contributed by atoms with Crippen LogP contribution < -0.4 is 0 Å². The van der Waals surface area contributed by atoms with Crippen molar-refractivity contribution in [1.82, 2.24) is 4.90 Å². The summed E-state index contributed by atoms with van der Waals surface area (Å²) < 4.78 is 6.32. The molecule has 3 aromatic carbocycles. The van der Waals surface area contributed by atoms with Crippen molar-refractivity contribution in [2.45, 2.75) is 25.2 Å². The van der Waals surface area contributed by atoms with E-state index in [0.717, 1.165) is 26.2 Å². The minimum absolute atomic E-state index is 0.317. The maximum absolute atomic E-state index is 6.32. The Morgan fingerprint density at radius 2 is 1.58 bits per heavy atom. The largest absolute Gasteiger partial charge is 0.371 e. The van der Waals surface area contributed by atoms with Crippen LogP contribution in [0.1, 0.15) is 22.6 Å². The first-order chi connectivity index (χ1) is 12.9. The topological polar surface area (TPSA) is 12.5 Å². The van der Waals surface area contributed by atoms with Gasteiger partial charge < -0.3 is 4.74 Å². The third-order valence-electron chi connectivity index (χ3n) is 5.73. The van der Waals surface area contributed by atoms with E-state index in [1.807, 2.05) is 0 Å². The van der Waals surface area contributed by atoms with Crippen molar-refractivity contribution in [3.63, 3.8) is 0 Å². The molecule has 26 heavy (non-hydrogen) atoms. The second-order valence-electron chi connectivity index (χ2n) is 7.38. The molecule has 0 bridgehead atoms. The van der Waals surface area contributed by atoms with Crippen LogP contribution >= 0.6 is 0 Å². The van der Waals surface area contributed by atoms with Gasteiger partial charge in [0.25, 0.3) is 0 Å². The predicted molar refractivity (Wildman–Crippen MR) is 105 cm³/mol. The highest BCUT2D eigenvalue weighted by Gasteiger charge is 2.39. The van der Waals surface area contributed by atoms with E-state index in [-0.39, 0.29) is 0 Å². The maximum atomic E-state index is 6.32. The molecular weight excluding hydrogens is 318 g/mol. The van der Waals surface area contributed by atoms with E-state index >= 15 is 0 Å². The van der Waals surface area contributed by atoms with Crippen LogP contribution in [0.2, 0.25) is 0 Å². The SMILES string of the molecule is c1ccc(CN2C[C@@H]3c4cccc(-c5ccccc5)c4CO[C@@H]3C2)cc1. The molecule has 5 rings (SSSR count). The van der Waals surface area contributed by atoms with Gasteiger partial charge in [-0.05, 0) is 27.8 Å². The standard InChI is InChI=1S/C24H23NO/c1-3-8-18(9-4-1)14-25-15-22-21-13-7-12-20(19-10-5-2-6-11-19)23(21)17-26-24(22)16-25/h1-13,22,24H,14-17H2/t22-,24-/m1/s1. The van der Waals surface area contributed by atoms with Crippen LogP contribution in [0, 0.1) is 0 Å². The second-order valence-corrected chi connectivity index (χ2v) is 7.38. The fourth-order valence-electron chi connectivity index (χ4n) is 4.48. The third kappa shape index (κ3) is 2.86. The zero-order valence-corrected chi connectivity index (χ0v) is 14.8. The van der Waals surface area contributed by atoms with Gasteiger partial charge in [-0.1, -0.05) is 78.9 Å². The van der Waals surface area contributed by atoms with Crippen LogP contribution in [0.5, 0.6) is 0 Å². The molecule has 0 unspecified atom stereocenters. The van der Waals surface area contributed by atoms with E-state index in [4.69, 9.17) is 4.74 Å². The fourth-order valence-corrected chi connectivity index (χ4v) is 4.48. The summed E-state index contributed by atoms with van der Waals surface area (Å²) >= 11 is 0. The molecule has 2 atom stereocenters. The number of ether oxygens (including phenoxy) is 1. The Hall–Kier alpha value is -2.42. The molecule has 1 saturated heterocycles. The highest BCUT2D eigenvalue weighted by molar-refractivity contribution is 5.69. The van der Waals surface area contributed by atoms with Crippen molar-refractivity contribution < 1.29 is 4.74 Å². The third-order valence-corrected chi connectivity index (χ3v) is 5.73. The summed E-state index contributed by atoms with van der Waals surface area (Å²) in [5.41, 5.74) is 6.85. The molecule has 0 aromatic heterocycles. The monoisotopic (exact) mass is 341 g/mol. The molecule has 2 heteroatoms. The van der Waals surface area contributed by atoms with Gasteiger partial charge in [0.05, 0.1) is 12.7 Å². The molecule has 0 N–H and O–H groups in total. The lowest BCUT2D eigenvalue weighted by Gasteiger charge is -2.29. The van der Waals surface area contributed by atoms with Crippen LogP contribution in [0.3, 0.4) is 0 Å². The molecule has 2 heterocycles. The Morgan fingerprint density at radius 1 is 0.808 bits per heavy atom. The number of hydrogen-bond donors (Lipinski definition) is 0. The average molecular weight is 341 g/mol. The number of benzene rings is 3. The maximum Gasteiger partial charge on any atom is 0.0787 e. The van der Waals surface area contributed by atoms with Crippen molar-refractivity contribution in [2.75, 3.05) is 13.1 Å². The summed E-state index contributed by atoms with van der Waals surface area (Å²) in [6.07, 6.45) is 0.317. The minimum Gasteiger partial charge on any atom is -0.371 e. The molecule has 0 radical (unpaired) electrons. The van der Waals surface area contributed by atoms with Gasteiger partial charge in [-0.25, -0.2) is 0 Å². The summed E-state index contributed by atoms with van der Waals surface area (Å²) in [7, 11) is 0. The van der Waals surface area contributed by atoms with Crippen molar-refractivity contribution in [2.24, 2.45) is 0 Å². The molecule has 0 spiro atoms. The molecule has 0 amide bonds. The van der Waals surface area contributed by atoms with Gasteiger partial charge >= 0.3 is 0 Å².